The standard InChI is InChI=1S/C16H14FN5OS/c1-24-16-21-20-14(22(16)12-7-5-11(17)6-8-12)10-19-15(23)13-4-2-3-9-18-13/h2-9H,10H2,1H3,(H,19,23). The van der Waals surface area contributed by atoms with Crippen LogP contribution in [-0.4, -0.2) is 31.9 Å². The molecule has 0 bridgehead atoms. The normalized spacial score (nSPS) is 10.6. The topological polar surface area (TPSA) is 72.7 Å². The molecule has 1 amide bonds. The van der Waals surface area contributed by atoms with Crippen molar-refractivity contribution >= 4 is 17.7 Å². The van der Waals surface area contributed by atoms with Crippen LogP contribution in [0.25, 0.3) is 5.69 Å². The zero-order valence-electron chi connectivity index (χ0n) is 12.8. The van der Waals surface area contributed by atoms with E-state index in [0.29, 0.717) is 16.7 Å². The molecule has 0 aliphatic heterocycles. The maximum absolute atomic E-state index is 13.1. The maximum Gasteiger partial charge on any atom is 0.270 e. The van der Waals surface area contributed by atoms with E-state index >= 15 is 0 Å². The molecule has 0 atom stereocenters. The van der Waals surface area contributed by atoms with E-state index in [-0.39, 0.29) is 18.3 Å². The third-order valence-electron chi connectivity index (χ3n) is 3.27. The van der Waals surface area contributed by atoms with Gasteiger partial charge < -0.3 is 5.32 Å². The van der Waals surface area contributed by atoms with Crippen molar-refractivity contribution in [1.82, 2.24) is 25.1 Å². The van der Waals surface area contributed by atoms with Crippen molar-refractivity contribution in [1.29, 1.82) is 0 Å². The summed E-state index contributed by atoms with van der Waals surface area (Å²) in [6, 6.07) is 11.1. The molecule has 8 heteroatoms. The van der Waals surface area contributed by atoms with E-state index in [2.05, 4.69) is 20.5 Å². The number of hydrogen-bond acceptors (Lipinski definition) is 5. The molecule has 1 N–H and O–H groups in total. The lowest BCUT2D eigenvalue weighted by Crippen LogP contribution is -2.25. The number of carbonyl (C=O) groups is 1. The molecule has 0 saturated carbocycles. The zero-order valence-corrected chi connectivity index (χ0v) is 13.6. The van der Waals surface area contributed by atoms with Gasteiger partial charge in [-0.2, -0.15) is 0 Å². The minimum atomic E-state index is -0.317. The molecule has 0 fully saturated rings. The van der Waals surface area contributed by atoms with Crippen LogP contribution in [-0.2, 0) is 6.54 Å². The summed E-state index contributed by atoms with van der Waals surface area (Å²) in [5.41, 5.74) is 1.06. The van der Waals surface area contributed by atoms with E-state index in [1.165, 1.54) is 23.9 Å². The highest BCUT2D eigenvalue weighted by atomic mass is 32.2. The van der Waals surface area contributed by atoms with E-state index in [1.54, 1.807) is 41.1 Å². The average Bonchev–Trinajstić information content (AvgIpc) is 3.04. The number of thioether (sulfide) groups is 1. The van der Waals surface area contributed by atoms with Crippen LogP contribution in [0, 0.1) is 5.82 Å². The van der Waals surface area contributed by atoms with Crippen molar-refractivity contribution in [3.63, 3.8) is 0 Å². The summed E-state index contributed by atoms with van der Waals surface area (Å²) in [6.45, 7) is 0.181. The number of carbonyl (C=O) groups excluding carboxylic acids is 1. The summed E-state index contributed by atoms with van der Waals surface area (Å²) in [7, 11) is 0. The highest BCUT2D eigenvalue weighted by Gasteiger charge is 2.15. The molecule has 24 heavy (non-hydrogen) atoms. The minimum absolute atomic E-state index is 0.181. The molecule has 0 radical (unpaired) electrons. The van der Waals surface area contributed by atoms with Gasteiger partial charge in [0.1, 0.15) is 11.5 Å². The molecule has 0 saturated heterocycles. The summed E-state index contributed by atoms with van der Waals surface area (Å²) in [5.74, 6) is -0.0623. The van der Waals surface area contributed by atoms with Crippen LogP contribution in [0.3, 0.4) is 0 Å². The number of amides is 1. The predicted molar refractivity (Wildman–Crippen MR) is 88.5 cm³/mol. The molecule has 3 aromatic rings. The lowest BCUT2D eigenvalue weighted by molar-refractivity contribution is 0.0944. The Morgan fingerprint density at radius 2 is 2.00 bits per heavy atom. The van der Waals surface area contributed by atoms with E-state index in [4.69, 9.17) is 0 Å². The molecule has 0 aliphatic rings. The molecular formula is C16H14FN5OS. The molecule has 2 heterocycles. The first-order valence-electron chi connectivity index (χ1n) is 7.12. The van der Waals surface area contributed by atoms with Crippen LogP contribution >= 0.6 is 11.8 Å². The van der Waals surface area contributed by atoms with Crippen molar-refractivity contribution in [3.05, 3.63) is 66.0 Å². The second-order valence-electron chi connectivity index (χ2n) is 4.81. The Morgan fingerprint density at radius 1 is 1.21 bits per heavy atom. The minimum Gasteiger partial charge on any atom is -0.343 e. The van der Waals surface area contributed by atoms with Crippen molar-refractivity contribution in [2.75, 3.05) is 6.26 Å². The molecule has 0 unspecified atom stereocenters. The first-order chi connectivity index (χ1) is 11.7. The van der Waals surface area contributed by atoms with Crippen LogP contribution in [0.4, 0.5) is 4.39 Å². The van der Waals surface area contributed by atoms with Crippen LogP contribution in [0.2, 0.25) is 0 Å². The Hall–Kier alpha value is -2.74. The van der Waals surface area contributed by atoms with E-state index in [1.807, 2.05) is 6.26 Å². The van der Waals surface area contributed by atoms with Gasteiger partial charge in [0, 0.05) is 11.9 Å². The summed E-state index contributed by atoms with van der Waals surface area (Å²) in [4.78, 5) is 16.1. The fourth-order valence-electron chi connectivity index (χ4n) is 2.14. The summed E-state index contributed by atoms with van der Waals surface area (Å²) in [5, 5.41) is 11.6. The Morgan fingerprint density at radius 3 is 2.67 bits per heavy atom. The SMILES string of the molecule is CSc1nnc(CNC(=O)c2ccccn2)n1-c1ccc(F)cc1. The lowest BCUT2D eigenvalue weighted by atomic mass is 10.3. The predicted octanol–water partition coefficient (Wildman–Crippen LogP) is 2.45. The van der Waals surface area contributed by atoms with Gasteiger partial charge in [0.05, 0.1) is 6.54 Å². The van der Waals surface area contributed by atoms with Crippen LogP contribution in [0.15, 0.2) is 53.8 Å². The van der Waals surface area contributed by atoms with Gasteiger partial charge in [-0.3, -0.25) is 14.3 Å². The van der Waals surface area contributed by atoms with Gasteiger partial charge in [0.15, 0.2) is 11.0 Å². The van der Waals surface area contributed by atoms with E-state index in [0.717, 1.165) is 5.69 Å². The molecule has 0 aliphatic carbocycles. The van der Waals surface area contributed by atoms with Gasteiger partial charge in [0.2, 0.25) is 0 Å². The summed E-state index contributed by atoms with van der Waals surface area (Å²) < 4.78 is 14.9. The summed E-state index contributed by atoms with van der Waals surface area (Å²) >= 11 is 1.42. The van der Waals surface area contributed by atoms with E-state index < -0.39 is 0 Å². The van der Waals surface area contributed by atoms with Gasteiger partial charge in [0.25, 0.3) is 5.91 Å². The number of aromatic nitrogens is 4. The third-order valence-corrected chi connectivity index (χ3v) is 3.90. The molecular weight excluding hydrogens is 329 g/mol. The lowest BCUT2D eigenvalue weighted by Gasteiger charge is -2.10. The maximum atomic E-state index is 13.1. The number of benzene rings is 1. The van der Waals surface area contributed by atoms with Gasteiger partial charge in [-0.05, 0) is 42.7 Å². The molecule has 2 aromatic heterocycles. The Kier molecular flexibility index (Phi) is 4.85. The van der Waals surface area contributed by atoms with E-state index in [9.17, 15) is 9.18 Å². The van der Waals surface area contributed by atoms with Crippen molar-refractivity contribution in [2.24, 2.45) is 0 Å². The van der Waals surface area contributed by atoms with Gasteiger partial charge in [-0.25, -0.2) is 4.39 Å². The molecule has 1 aromatic carbocycles. The molecule has 3 rings (SSSR count). The fraction of sp³-hybridized carbons (Fsp3) is 0.125. The number of nitrogens with zero attached hydrogens (tertiary/aromatic N) is 4. The second kappa shape index (κ2) is 7.22. The van der Waals surface area contributed by atoms with Gasteiger partial charge >= 0.3 is 0 Å². The average molecular weight is 343 g/mol. The zero-order chi connectivity index (χ0) is 16.9. The molecule has 122 valence electrons. The number of nitrogens with one attached hydrogen (secondary N) is 1. The highest BCUT2D eigenvalue weighted by Crippen LogP contribution is 2.20. The van der Waals surface area contributed by atoms with Crippen LogP contribution in [0.5, 0.6) is 0 Å². The monoisotopic (exact) mass is 343 g/mol. The van der Waals surface area contributed by atoms with Crippen LogP contribution < -0.4 is 5.32 Å². The quantitative estimate of drug-likeness (QED) is 0.721. The van der Waals surface area contributed by atoms with Crippen molar-refractivity contribution in [3.8, 4) is 5.69 Å². The Balaban J connectivity index is 1.82. The first kappa shape index (κ1) is 16.1. The molecule has 0 spiro atoms. The van der Waals surface area contributed by atoms with Gasteiger partial charge in [-0.1, -0.05) is 17.8 Å². The number of halogens is 1. The Bertz CT molecular complexity index is 835. The number of rotatable bonds is 5. The fourth-order valence-corrected chi connectivity index (χ4v) is 2.66. The second-order valence-corrected chi connectivity index (χ2v) is 5.59. The van der Waals surface area contributed by atoms with Crippen molar-refractivity contribution < 1.29 is 9.18 Å². The van der Waals surface area contributed by atoms with Crippen LogP contribution in [0.1, 0.15) is 16.3 Å². The van der Waals surface area contributed by atoms with Gasteiger partial charge in [-0.15, -0.1) is 10.2 Å². The third kappa shape index (κ3) is 3.43. The first-order valence-corrected chi connectivity index (χ1v) is 8.35. The molecule has 6 nitrogen and oxygen atoms in total. The largest absolute Gasteiger partial charge is 0.343 e. The number of hydrogen-bond donors (Lipinski definition) is 1. The summed E-state index contributed by atoms with van der Waals surface area (Å²) in [6.07, 6.45) is 3.43. The number of pyridine rings is 1. The highest BCUT2D eigenvalue weighted by molar-refractivity contribution is 7.98. The smallest absolute Gasteiger partial charge is 0.270 e. The Labute approximate surface area is 142 Å². The van der Waals surface area contributed by atoms with Crippen molar-refractivity contribution in [2.45, 2.75) is 11.7 Å².